The number of nitrogens with two attached hydrogens (primary N) is 1. The molecule has 1 aromatic rings. The Balaban J connectivity index is 2.39. The maximum absolute atomic E-state index is 11.6. The van der Waals surface area contributed by atoms with Crippen molar-refractivity contribution < 1.29 is 24.2 Å². The number of ether oxygens (including phenoxy) is 1. The van der Waals surface area contributed by atoms with E-state index < -0.39 is 30.2 Å². The molecular weight excluding hydrogens is 344 g/mol. The summed E-state index contributed by atoms with van der Waals surface area (Å²) in [6.45, 7) is 0.0885. The Bertz CT molecular complexity index is 535. The van der Waals surface area contributed by atoms with E-state index in [-0.39, 0.29) is 13.0 Å². The molecule has 0 bridgehead atoms. The molecule has 1 aromatic carbocycles. The number of benzene rings is 1. The van der Waals surface area contributed by atoms with Gasteiger partial charge in [-0.2, -0.15) is 0 Å². The van der Waals surface area contributed by atoms with Gasteiger partial charge in [0.2, 0.25) is 11.8 Å². The van der Waals surface area contributed by atoms with Gasteiger partial charge in [0.1, 0.15) is 11.8 Å². The Kier molecular flexibility index (Phi) is 6.67. The molecule has 21 heavy (non-hydrogen) atoms. The minimum Gasteiger partial charge on any atom is -0.493 e. The molecule has 0 aromatic heterocycles. The summed E-state index contributed by atoms with van der Waals surface area (Å²) in [5.74, 6) is -2.05. The first-order chi connectivity index (χ1) is 9.88. The van der Waals surface area contributed by atoms with Gasteiger partial charge in [0.05, 0.1) is 19.4 Å². The summed E-state index contributed by atoms with van der Waals surface area (Å²) in [6, 6.07) is 5.77. The first kappa shape index (κ1) is 17.0. The molecule has 1 atom stereocenters. The van der Waals surface area contributed by atoms with E-state index in [0.29, 0.717) is 5.75 Å². The zero-order chi connectivity index (χ0) is 15.8. The van der Waals surface area contributed by atoms with E-state index in [0.717, 1.165) is 4.47 Å². The van der Waals surface area contributed by atoms with E-state index in [2.05, 4.69) is 21.2 Å². The first-order valence-electron chi connectivity index (χ1n) is 6.07. The van der Waals surface area contributed by atoms with Crippen LogP contribution in [-0.2, 0) is 14.4 Å². The Morgan fingerprint density at radius 1 is 1.38 bits per heavy atom. The number of rotatable bonds is 8. The average molecular weight is 359 g/mol. The van der Waals surface area contributed by atoms with Gasteiger partial charge in [0, 0.05) is 4.47 Å². The van der Waals surface area contributed by atoms with Crippen LogP contribution in [0.3, 0.4) is 0 Å². The second kappa shape index (κ2) is 8.25. The molecule has 114 valence electrons. The first-order valence-corrected chi connectivity index (χ1v) is 6.86. The summed E-state index contributed by atoms with van der Waals surface area (Å²) in [6.07, 6.45) is -0.484. The molecule has 2 amide bonds. The van der Waals surface area contributed by atoms with E-state index in [1.807, 2.05) is 6.07 Å². The molecule has 0 aliphatic rings. The van der Waals surface area contributed by atoms with Crippen molar-refractivity contribution in [3.8, 4) is 5.75 Å². The van der Waals surface area contributed by atoms with Crippen molar-refractivity contribution in [1.29, 1.82) is 0 Å². The number of halogens is 1. The highest BCUT2D eigenvalue weighted by atomic mass is 79.9. The number of carboxylic acids is 1. The van der Waals surface area contributed by atoms with Crippen LogP contribution in [0.15, 0.2) is 28.7 Å². The van der Waals surface area contributed by atoms with Gasteiger partial charge >= 0.3 is 5.97 Å². The Hall–Kier alpha value is -2.09. The summed E-state index contributed by atoms with van der Waals surface area (Å²) >= 11 is 3.29. The molecule has 7 nitrogen and oxygen atoms in total. The fourth-order valence-corrected chi connectivity index (χ4v) is 1.86. The molecule has 0 aliphatic heterocycles. The minimum absolute atomic E-state index is 0.0327. The van der Waals surface area contributed by atoms with Crippen LogP contribution >= 0.6 is 15.9 Å². The Labute approximate surface area is 129 Å². The van der Waals surface area contributed by atoms with Crippen LogP contribution < -0.4 is 15.8 Å². The third-order valence-electron chi connectivity index (χ3n) is 2.43. The highest BCUT2D eigenvalue weighted by Crippen LogP contribution is 2.17. The van der Waals surface area contributed by atoms with Crippen molar-refractivity contribution in [2.45, 2.75) is 18.9 Å². The van der Waals surface area contributed by atoms with Crippen LogP contribution in [0.2, 0.25) is 0 Å². The number of carbonyl (C=O) groups excluding carboxylic acids is 2. The maximum Gasteiger partial charge on any atom is 0.326 e. The van der Waals surface area contributed by atoms with Crippen LogP contribution in [0.5, 0.6) is 5.75 Å². The fourth-order valence-electron chi connectivity index (χ4n) is 1.49. The van der Waals surface area contributed by atoms with Crippen molar-refractivity contribution in [2.75, 3.05) is 6.61 Å². The largest absolute Gasteiger partial charge is 0.493 e. The third kappa shape index (κ3) is 6.75. The molecule has 0 saturated carbocycles. The smallest absolute Gasteiger partial charge is 0.326 e. The molecule has 1 rings (SSSR count). The zero-order valence-corrected chi connectivity index (χ0v) is 12.6. The van der Waals surface area contributed by atoms with Gasteiger partial charge in [-0.1, -0.05) is 22.0 Å². The third-order valence-corrected chi connectivity index (χ3v) is 2.93. The quantitative estimate of drug-likeness (QED) is 0.630. The number of hydrogen-bond donors (Lipinski definition) is 3. The lowest BCUT2D eigenvalue weighted by molar-refractivity contribution is -0.143. The van der Waals surface area contributed by atoms with Crippen LogP contribution in [0.25, 0.3) is 0 Å². The van der Waals surface area contributed by atoms with Crippen molar-refractivity contribution in [3.05, 3.63) is 28.7 Å². The van der Waals surface area contributed by atoms with Gasteiger partial charge in [0.25, 0.3) is 0 Å². The maximum atomic E-state index is 11.6. The molecule has 0 heterocycles. The van der Waals surface area contributed by atoms with Gasteiger partial charge in [-0.15, -0.1) is 0 Å². The molecule has 0 fully saturated rings. The summed E-state index contributed by atoms with van der Waals surface area (Å²) in [5, 5.41) is 11.1. The molecule has 0 spiro atoms. The molecule has 1 unspecified atom stereocenters. The molecule has 4 N–H and O–H groups in total. The van der Waals surface area contributed by atoms with E-state index in [1.54, 1.807) is 18.2 Å². The van der Waals surface area contributed by atoms with Gasteiger partial charge in [-0.05, 0) is 18.2 Å². The number of aliphatic carboxylic acids is 1. The summed E-state index contributed by atoms with van der Waals surface area (Å²) < 4.78 is 6.20. The lowest BCUT2D eigenvalue weighted by atomic mass is 10.2. The van der Waals surface area contributed by atoms with Crippen molar-refractivity contribution >= 4 is 33.7 Å². The van der Waals surface area contributed by atoms with Crippen LogP contribution in [-0.4, -0.2) is 35.5 Å². The highest BCUT2D eigenvalue weighted by Gasteiger charge is 2.21. The van der Waals surface area contributed by atoms with Crippen molar-refractivity contribution in [1.82, 2.24) is 5.32 Å². The van der Waals surface area contributed by atoms with Crippen molar-refractivity contribution in [3.63, 3.8) is 0 Å². The van der Waals surface area contributed by atoms with Gasteiger partial charge in [-0.25, -0.2) is 4.79 Å². The fraction of sp³-hybridized carbons (Fsp3) is 0.308. The van der Waals surface area contributed by atoms with Gasteiger partial charge in [0.15, 0.2) is 0 Å². The standard InChI is InChI=1S/C13H15BrN2O5/c14-8-2-1-3-9(6-8)21-5-4-12(18)16-10(13(19)20)7-11(15)17/h1-3,6,10H,4-5,7H2,(H2,15,17)(H,16,18)(H,19,20). The van der Waals surface area contributed by atoms with Gasteiger partial charge < -0.3 is 20.9 Å². The number of hydrogen-bond acceptors (Lipinski definition) is 4. The molecule has 0 aliphatic carbocycles. The topological polar surface area (TPSA) is 119 Å². The van der Waals surface area contributed by atoms with E-state index in [9.17, 15) is 14.4 Å². The number of carbonyl (C=O) groups is 3. The molecule has 0 radical (unpaired) electrons. The summed E-state index contributed by atoms with van der Waals surface area (Å²) in [4.78, 5) is 33.1. The van der Waals surface area contributed by atoms with Crippen LogP contribution in [0, 0.1) is 0 Å². The number of primary amides is 1. The van der Waals surface area contributed by atoms with E-state index in [4.69, 9.17) is 15.6 Å². The molecule has 0 saturated heterocycles. The predicted octanol–water partition coefficient (Wildman–Crippen LogP) is 0.663. The number of carboxylic acid groups (broad SMARTS) is 1. The second-order valence-corrected chi connectivity index (χ2v) is 5.10. The van der Waals surface area contributed by atoms with E-state index >= 15 is 0 Å². The van der Waals surface area contributed by atoms with Crippen molar-refractivity contribution in [2.24, 2.45) is 5.73 Å². The highest BCUT2D eigenvalue weighted by molar-refractivity contribution is 9.10. The monoisotopic (exact) mass is 358 g/mol. The Morgan fingerprint density at radius 2 is 2.10 bits per heavy atom. The predicted molar refractivity (Wildman–Crippen MR) is 77.6 cm³/mol. The normalized spacial score (nSPS) is 11.5. The van der Waals surface area contributed by atoms with E-state index in [1.165, 1.54) is 0 Å². The average Bonchev–Trinajstić information content (AvgIpc) is 2.37. The molecular formula is C13H15BrN2O5. The molecule has 8 heteroatoms. The summed E-state index contributed by atoms with van der Waals surface area (Å²) in [7, 11) is 0. The Morgan fingerprint density at radius 3 is 2.67 bits per heavy atom. The summed E-state index contributed by atoms with van der Waals surface area (Å²) in [5.41, 5.74) is 4.91. The van der Waals surface area contributed by atoms with Crippen LogP contribution in [0.1, 0.15) is 12.8 Å². The second-order valence-electron chi connectivity index (χ2n) is 4.18. The van der Waals surface area contributed by atoms with Gasteiger partial charge in [-0.3, -0.25) is 9.59 Å². The lowest BCUT2D eigenvalue weighted by Crippen LogP contribution is -2.43. The number of amides is 2. The minimum atomic E-state index is -1.32. The zero-order valence-electron chi connectivity index (χ0n) is 11.0. The number of nitrogens with one attached hydrogen (secondary N) is 1. The lowest BCUT2D eigenvalue weighted by Gasteiger charge is -2.13. The van der Waals surface area contributed by atoms with Crippen LogP contribution in [0.4, 0.5) is 0 Å². The SMILES string of the molecule is NC(=O)CC(NC(=O)CCOc1cccc(Br)c1)C(=O)O.